The smallest absolute Gasteiger partial charge is 0.254 e. The highest BCUT2D eigenvalue weighted by Gasteiger charge is 2.45. The number of likely N-dealkylation sites (tertiary alicyclic amines) is 1. The average molecular weight is 423 g/mol. The molecule has 3 aromatic rings. The van der Waals surface area contributed by atoms with Crippen LogP contribution in [-0.4, -0.2) is 47.1 Å². The van der Waals surface area contributed by atoms with Crippen LogP contribution in [0.3, 0.4) is 0 Å². The summed E-state index contributed by atoms with van der Waals surface area (Å²) < 4.78 is 0. The zero-order valence-corrected chi connectivity index (χ0v) is 17.7. The molecule has 1 fully saturated rings. The summed E-state index contributed by atoms with van der Waals surface area (Å²) in [6, 6.07) is 17.2. The Morgan fingerprint density at radius 2 is 2.00 bits per heavy atom. The number of hydrogen-bond acceptors (Lipinski definition) is 6. The first-order valence-electron chi connectivity index (χ1n) is 10.0. The Balaban J connectivity index is 1.61. The number of carbonyl (C=O) groups is 1. The fraction of sp³-hybridized carbons (Fsp3) is 0.304. The summed E-state index contributed by atoms with van der Waals surface area (Å²) in [6.07, 6.45) is -0.145. The summed E-state index contributed by atoms with van der Waals surface area (Å²) in [5, 5.41) is 19.6. The topological polar surface area (TPSA) is 77.5 Å². The summed E-state index contributed by atoms with van der Waals surface area (Å²) in [5.74, 6) is -0.198. The van der Waals surface area contributed by atoms with Gasteiger partial charge in [0.15, 0.2) is 0 Å². The van der Waals surface area contributed by atoms with Crippen molar-refractivity contribution in [3.8, 4) is 0 Å². The van der Waals surface area contributed by atoms with Gasteiger partial charge in [0, 0.05) is 37.7 Å². The van der Waals surface area contributed by atoms with Crippen molar-refractivity contribution in [2.24, 2.45) is 0 Å². The largest absolute Gasteiger partial charge is 0.389 e. The third kappa shape index (κ3) is 4.09. The quantitative estimate of drug-likeness (QED) is 0.569. The third-order valence-electron chi connectivity index (χ3n) is 5.76. The van der Waals surface area contributed by atoms with E-state index in [1.165, 1.54) is 0 Å². The summed E-state index contributed by atoms with van der Waals surface area (Å²) in [4.78, 5) is 19.8. The fourth-order valence-corrected chi connectivity index (χ4v) is 4.69. The SMILES string of the molecule is CNc1ccccc1C(=O)N[C@@]1(c2ccccc2)CCN(Cc2cscn2)C[C@H]1O. The standard InChI is InChI=1S/C23H26N4O2S/c1-24-20-10-6-5-9-19(20)22(29)26-23(17-7-3-2-4-8-17)11-12-27(14-21(23)28)13-18-15-30-16-25-18/h2-10,15-16,21,24,28H,11-14H2,1H3,(H,26,29)/t21-,23-/m1/s1. The molecular formula is C23H26N4O2S. The number of piperidine rings is 1. The minimum Gasteiger partial charge on any atom is -0.389 e. The number of para-hydroxylation sites is 1. The average Bonchev–Trinajstić information content (AvgIpc) is 3.29. The lowest BCUT2D eigenvalue weighted by atomic mass is 9.78. The number of amides is 1. The van der Waals surface area contributed by atoms with Crippen molar-refractivity contribution in [1.29, 1.82) is 0 Å². The predicted molar refractivity (Wildman–Crippen MR) is 120 cm³/mol. The van der Waals surface area contributed by atoms with E-state index >= 15 is 0 Å². The van der Waals surface area contributed by atoms with Crippen molar-refractivity contribution in [2.75, 3.05) is 25.5 Å². The zero-order valence-electron chi connectivity index (χ0n) is 16.9. The van der Waals surface area contributed by atoms with Gasteiger partial charge in [0.25, 0.3) is 5.91 Å². The van der Waals surface area contributed by atoms with Crippen LogP contribution >= 0.6 is 11.3 Å². The number of carbonyl (C=O) groups excluding carboxylic acids is 1. The molecule has 0 radical (unpaired) electrons. The lowest BCUT2D eigenvalue weighted by molar-refractivity contribution is -0.0183. The Bertz CT molecular complexity index is 980. The van der Waals surface area contributed by atoms with E-state index in [1.54, 1.807) is 24.5 Å². The van der Waals surface area contributed by atoms with Gasteiger partial charge in [0.1, 0.15) is 0 Å². The molecule has 156 valence electrons. The molecule has 2 heterocycles. The summed E-state index contributed by atoms with van der Waals surface area (Å²) in [6.45, 7) is 1.90. The van der Waals surface area contributed by atoms with E-state index in [0.717, 1.165) is 23.5 Å². The van der Waals surface area contributed by atoms with Crippen LogP contribution in [0.25, 0.3) is 0 Å². The van der Waals surface area contributed by atoms with Crippen molar-refractivity contribution < 1.29 is 9.90 Å². The van der Waals surface area contributed by atoms with Gasteiger partial charge >= 0.3 is 0 Å². The third-order valence-corrected chi connectivity index (χ3v) is 6.39. The van der Waals surface area contributed by atoms with Crippen LogP contribution in [0, 0.1) is 0 Å². The minimum atomic E-state index is -0.849. The molecule has 1 saturated heterocycles. The second-order valence-electron chi connectivity index (χ2n) is 7.57. The van der Waals surface area contributed by atoms with Crippen LogP contribution in [0.4, 0.5) is 5.69 Å². The highest BCUT2D eigenvalue weighted by molar-refractivity contribution is 7.07. The fourth-order valence-electron chi connectivity index (χ4n) is 4.14. The number of aliphatic hydroxyl groups is 1. The first kappa shape index (κ1) is 20.5. The zero-order chi connectivity index (χ0) is 21.0. The second-order valence-corrected chi connectivity index (χ2v) is 8.29. The molecule has 0 spiro atoms. The molecule has 1 amide bonds. The van der Waals surface area contributed by atoms with Crippen molar-refractivity contribution in [2.45, 2.75) is 24.6 Å². The molecule has 2 atom stereocenters. The number of β-amino-alcohol motifs (C(OH)–C–C–N with tert-alkyl or cyclic N) is 1. The predicted octanol–water partition coefficient (Wildman–Crippen LogP) is 3.08. The van der Waals surface area contributed by atoms with E-state index in [0.29, 0.717) is 25.1 Å². The Hall–Kier alpha value is -2.74. The van der Waals surface area contributed by atoms with Crippen molar-refractivity contribution in [3.05, 3.63) is 82.3 Å². The van der Waals surface area contributed by atoms with E-state index in [9.17, 15) is 9.90 Å². The van der Waals surface area contributed by atoms with E-state index < -0.39 is 11.6 Å². The van der Waals surface area contributed by atoms with Crippen LogP contribution < -0.4 is 10.6 Å². The van der Waals surface area contributed by atoms with Gasteiger partial charge in [-0.05, 0) is 24.1 Å². The van der Waals surface area contributed by atoms with Gasteiger partial charge in [-0.1, -0.05) is 42.5 Å². The van der Waals surface area contributed by atoms with Gasteiger partial charge in [0.2, 0.25) is 0 Å². The van der Waals surface area contributed by atoms with Crippen LogP contribution in [-0.2, 0) is 12.1 Å². The number of aliphatic hydroxyl groups excluding tert-OH is 1. The van der Waals surface area contributed by atoms with E-state index in [1.807, 2.05) is 59.4 Å². The van der Waals surface area contributed by atoms with Crippen molar-refractivity contribution in [3.63, 3.8) is 0 Å². The Morgan fingerprint density at radius 1 is 1.23 bits per heavy atom. The van der Waals surface area contributed by atoms with Gasteiger partial charge in [-0.2, -0.15) is 0 Å². The van der Waals surface area contributed by atoms with Gasteiger partial charge in [-0.25, -0.2) is 4.98 Å². The maximum atomic E-state index is 13.3. The maximum Gasteiger partial charge on any atom is 0.254 e. The second kappa shape index (κ2) is 8.95. The molecule has 6 nitrogen and oxygen atoms in total. The molecule has 1 aromatic heterocycles. The number of nitrogens with one attached hydrogen (secondary N) is 2. The molecule has 0 unspecified atom stereocenters. The highest BCUT2D eigenvalue weighted by Crippen LogP contribution is 2.34. The Labute approximate surface area is 180 Å². The lowest BCUT2D eigenvalue weighted by Gasteiger charge is -2.46. The molecule has 0 bridgehead atoms. The summed E-state index contributed by atoms with van der Waals surface area (Å²) >= 11 is 1.57. The van der Waals surface area contributed by atoms with Crippen molar-refractivity contribution in [1.82, 2.24) is 15.2 Å². The van der Waals surface area contributed by atoms with Gasteiger partial charge < -0.3 is 15.7 Å². The monoisotopic (exact) mass is 422 g/mol. The summed E-state index contributed by atoms with van der Waals surface area (Å²) in [5.41, 5.74) is 4.22. The summed E-state index contributed by atoms with van der Waals surface area (Å²) in [7, 11) is 1.80. The number of thiazole rings is 1. The van der Waals surface area contributed by atoms with E-state index in [2.05, 4.69) is 20.5 Å². The van der Waals surface area contributed by atoms with Crippen molar-refractivity contribution >= 4 is 22.9 Å². The molecule has 1 aliphatic heterocycles. The number of anilines is 1. The first-order chi connectivity index (χ1) is 14.6. The van der Waals surface area contributed by atoms with Crippen LogP contribution in [0.1, 0.15) is 28.0 Å². The molecule has 30 heavy (non-hydrogen) atoms. The van der Waals surface area contributed by atoms with Crippen LogP contribution in [0.5, 0.6) is 0 Å². The highest BCUT2D eigenvalue weighted by atomic mass is 32.1. The van der Waals surface area contributed by atoms with Crippen LogP contribution in [0.2, 0.25) is 0 Å². The molecule has 0 aliphatic carbocycles. The molecule has 2 aromatic carbocycles. The van der Waals surface area contributed by atoms with Gasteiger partial charge in [0.05, 0.1) is 28.4 Å². The van der Waals surface area contributed by atoms with Crippen LogP contribution in [0.15, 0.2) is 65.5 Å². The number of nitrogens with zero attached hydrogens (tertiary/aromatic N) is 2. The molecule has 4 rings (SSSR count). The minimum absolute atomic E-state index is 0.198. The lowest BCUT2D eigenvalue weighted by Crippen LogP contribution is -2.61. The van der Waals surface area contributed by atoms with Gasteiger partial charge in [-0.3, -0.25) is 9.69 Å². The number of rotatable bonds is 6. The Morgan fingerprint density at radius 3 is 2.70 bits per heavy atom. The van der Waals surface area contributed by atoms with E-state index in [4.69, 9.17) is 0 Å². The number of hydrogen-bond donors (Lipinski definition) is 3. The Kier molecular flexibility index (Phi) is 6.13. The number of aromatic nitrogens is 1. The number of benzene rings is 2. The molecule has 7 heteroatoms. The molecular weight excluding hydrogens is 396 g/mol. The van der Waals surface area contributed by atoms with Gasteiger partial charge in [-0.15, -0.1) is 11.3 Å². The maximum absolute atomic E-state index is 13.3. The van der Waals surface area contributed by atoms with E-state index in [-0.39, 0.29) is 5.91 Å². The first-order valence-corrected chi connectivity index (χ1v) is 11.0. The molecule has 3 N–H and O–H groups in total. The normalized spacial score (nSPS) is 21.9. The molecule has 0 saturated carbocycles. The molecule has 1 aliphatic rings.